The Morgan fingerprint density at radius 3 is 2.76 bits per heavy atom. The molecule has 0 unspecified atom stereocenters. The summed E-state index contributed by atoms with van der Waals surface area (Å²) in [7, 11) is 5.62. The number of carbonyl (C=O) groups is 1. The van der Waals surface area contributed by atoms with Crippen LogP contribution in [0, 0.1) is 0 Å². The van der Waals surface area contributed by atoms with Gasteiger partial charge in [-0.25, -0.2) is 0 Å². The van der Waals surface area contributed by atoms with Gasteiger partial charge in [-0.3, -0.25) is 9.48 Å². The molecular weight excluding hydrogens is 216 g/mol. The Bertz CT molecular complexity index is 411. The average Bonchev–Trinajstić information content (AvgIpc) is 2.63. The summed E-state index contributed by atoms with van der Waals surface area (Å²) in [5.41, 5.74) is 1.69. The van der Waals surface area contributed by atoms with Gasteiger partial charge in [0.2, 0.25) is 0 Å². The van der Waals surface area contributed by atoms with E-state index in [1.54, 1.807) is 19.0 Å². The van der Waals surface area contributed by atoms with Crippen LogP contribution in [0.25, 0.3) is 0 Å². The quantitative estimate of drug-likeness (QED) is 0.724. The number of hydrogen-bond acceptors (Lipinski definition) is 3. The van der Waals surface area contributed by atoms with Gasteiger partial charge in [-0.15, -0.1) is 0 Å². The number of carbonyl (C=O) groups excluding carboxylic acids is 1. The summed E-state index contributed by atoms with van der Waals surface area (Å²) in [5, 5.41) is 4.41. The van der Waals surface area contributed by atoms with Gasteiger partial charge in [-0.05, 0) is 32.5 Å². The molecule has 0 aromatic carbocycles. The topological polar surface area (TPSA) is 41.4 Å². The van der Waals surface area contributed by atoms with Crippen LogP contribution in [0.15, 0.2) is 6.07 Å². The summed E-state index contributed by atoms with van der Waals surface area (Å²) in [6.07, 6.45) is 2.31. The first-order chi connectivity index (χ1) is 8.08. The molecule has 1 aromatic rings. The molecule has 0 fully saturated rings. The number of rotatable bonds is 1. The van der Waals surface area contributed by atoms with E-state index in [2.05, 4.69) is 17.0 Å². The van der Waals surface area contributed by atoms with E-state index in [0.29, 0.717) is 5.69 Å². The highest BCUT2D eigenvalue weighted by Gasteiger charge is 2.17. The average molecular weight is 236 g/mol. The van der Waals surface area contributed by atoms with Crippen LogP contribution in [0.4, 0.5) is 0 Å². The Morgan fingerprint density at radius 2 is 2.06 bits per heavy atom. The number of amides is 1. The predicted octanol–water partition coefficient (Wildman–Crippen LogP) is 0.810. The first kappa shape index (κ1) is 12.1. The third-order valence-electron chi connectivity index (χ3n) is 3.08. The van der Waals surface area contributed by atoms with Gasteiger partial charge < -0.3 is 9.80 Å². The van der Waals surface area contributed by atoms with Crippen LogP contribution in [-0.4, -0.2) is 53.2 Å². The Kier molecular flexibility index (Phi) is 3.47. The number of aryl methyl sites for hydroxylation is 1. The van der Waals surface area contributed by atoms with Gasteiger partial charge in [0.25, 0.3) is 5.91 Å². The van der Waals surface area contributed by atoms with E-state index in [9.17, 15) is 4.79 Å². The zero-order valence-corrected chi connectivity index (χ0v) is 10.8. The third kappa shape index (κ3) is 2.66. The molecule has 0 saturated carbocycles. The molecule has 1 aliphatic heterocycles. The lowest BCUT2D eigenvalue weighted by Crippen LogP contribution is -2.24. The molecule has 0 aliphatic carbocycles. The lowest BCUT2D eigenvalue weighted by Gasteiger charge is -2.20. The molecule has 0 atom stereocenters. The molecule has 1 amide bonds. The molecule has 0 radical (unpaired) electrons. The van der Waals surface area contributed by atoms with Crippen LogP contribution in [0.1, 0.15) is 29.0 Å². The minimum Gasteiger partial charge on any atom is -0.343 e. The minimum absolute atomic E-state index is 0.0214. The van der Waals surface area contributed by atoms with Crippen molar-refractivity contribution in [3.8, 4) is 0 Å². The first-order valence-corrected chi connectivity index (χ1v) is 6.05. The molecule has 2 heterocycles. The molecular formula is C12H20N4O. The summed E-state index contributed by atoms with van der Waals surface area (Å²) in [4.78, 5) is 15.7. The van der Waals surface area contributed by atoms with E-state index < -0.39 is 0 Å². The van der Waals surface area contributed by atoms with Gasteiger partial charge in [0.15, 0.2) is 5.69 Å². The van der Waals surface area contributed by atoms with Crippen molar-refractivity contribution < 1.29 is 4.79 Å². The number of hydrogen-bond donors (Lipinski definition) is 0. The summed E-state index contributed by atoms with van der Waals surface area (Å²) in [6, 6.07) is 1.92. The van der Waals surface area contributed by atoms with Crippen LogP contribution < -0.4 is 0 Å². The monoisotopic (exact) mass is 236 g/mol. The largest absolute Gasteiger partial charge is 0.343 e. The van der Waals surface area contributed by atoms with Crippen molar-refractivity contribution in [2.75, 3.05) is 27.7 Å². The lowest BCUT2D eigenvalue weighted by molar-refractivity contribution is 0.0821. The molecule has 17 heavy (non-hydrogen) atoms. The molecule has 94 valence electrons. The molecule has 5 heteroatoms. The van der Waals surface area contributed by atoms with Crippen molar-refractivity contribution in [2.24, 2.45) is 0 Å². The van der Waals surface area contributed by atoms with Crippen LogP contribution in [0.5, 0.6) is 0 Å². The standard InChI is InChI=1S/C12H20N4O/c1-14(2)12(17)11-8-10-9-15(3)6-4-5-7-16(10)13-11/h8H,4-7,9H2,1-3H3. The normalized spacial score (nSPS) is 17.1. The van der Waals surface area contributed by atoms with Crippen LogP contribution in [0.3, 0.4) is 0 Å². The van der Waals surface area contributed by atoms with E-state index in [0.717, 1.165) is 31.7 Å². The van der Waals surface area contributed by atoms with E-state index in [4.69, 9.17) is 0 Å². The van der Waals surface area contributed by atoms with Gasteiger partial charge in [0.05, 0.1) is 5.69 Å². The third-order valence-corrected chi connectivity index (χ3v) is 3.08. The molecule has 1 aliphatic rings. The van der Waals surface area contributed by atoms with Gasteiger partial charge in [0, 0.05) is 27.2 Å². The Labute approximate surface area is 102 Å². The second kappa shape index (κ2) is 4.87. The highest BCUT2D eigenvalue weighted by Crippen LogP contribution is 2.13. The lowest BCUT2D eigenvalue weighted by atomic mass is 10.2. The Hall–Kier alpha value is -1.36. The minimum atomic E-state index is -0.0214. The summed E-state index contributed by atoms with van der Waals surface area (Å²) < 4.78 is 1.98. The molecule has 0 saturated heterocycles. The number of fused-ring (bicyclic) bond motifs is 1. The first-order valence-electron chi connectivity index (χ1n) is 6.05. The summed E-state index contributed by atoms with van der Waals surface area (Å²) in [5.74, 6) is -0.0214. The van der Waals surface area contributed by atoms with Gasteiger partial charge in [-0.2, -0.15) is 5.10 Å². The van der Waals surface area contributed by atoms with Gasteiger partial charge in [0.1, 0.15) is 0 Å². The predicted molar refractivity (Wildman–Crippen MR) is 65.8 cm³/mol. The van der Waals surface area contributed by atoms with Crippen molar-refractivity contribution in [2.45, 2.75) is 25.9 Å². The summed E-state index contributed by atoms with van der Waals surface area (Å²) in [6.45, 7) is 2.90. The molecule has 0 spiro atoms. The van der Waals surface area contributed by atoms with E-state index in [-0.39, 0.29) is 5.91 Å². The highest BCUT2D eigenvalue weighted by molar-refractivity contribution is 5.92. The van der Waals surface area contributed by atoms with Gasteiger partial charge >= 0.3 is 0 Å². The smallest absolute Gasteiger partial charge is 0.273 e. The second-order valence-corrected chi connectivity index (χ2v) is 4.89. The molecule has 0 bridgehead atoms. The number of aromatic nitrogens is 2. The fourth-order valence-corrected chi connectivity index (χ4v) is 2.11. The Morgan fingerprint density at radius 1 is 1.35 bits per heavy atom. The molecule has 5 nitrogen and oxygen atoms in total. The van der Waals surface area contributed by atoms with Crippen molar-refractivity contribution in [3.05, 3.63) is 17.5 Å². The number of nitrogens with zero attached hydrogens (tertiary/aromatic N) is 4. The second-order valence-electron chi connectivity index (χ2n) is 4.89. The van der Waals surface area contributed by atoms with Crippen molar-refractivity contribution >= 4 is 5.91 Å². The maximum atomic E-state index is 11.9. The molecule has 1 aromatic heterocycles. The summed E-state index contributed by atoms with van der Waals surface area (Å²) >= 11 is 0. The maximum Gasteiger partial charge on any atom is 0.273 e. The molecule has 2 rings (SSSR count). The highest BCUT2D eigenvalue weighted by atomic mass is 16.2. The van der Waals surface area contributed by atoms with Crippen LogP contribution >= 0.6 is 0 Å². The van der Waals surface area contributed by atoms with E-state index in [1.807, 2.05) is 10.7 Å². The molecule has 0 N–H and O–H groups in total. The van der Waals surface area contributed by atoms with E-state index >= 15 is 0 Å². The van der Waals surface area contributed by atoms with Gasteiger partial charge in [-0.1, -0.05) is 0 Å². The van der Waals surface area contributed by atoms with Crippen LogP contribution in [0.2, 0.25) is 0 Å². The Balaban J connectivity index is 2.26. The van der Waals surface area contributed by atoms with Crippen molar-refractivity contribution in [3.63, 3.8) is 0 Å². The van der Waals surface area contributed by atoms with Crippen molar-refractivity contribution in [1.82, 2.24) is 19.6 Å². The fourth-order valence-electron chi connectivity index (χ4n) is 2.11. The van der Waals surface area contributed by atoms with Crippen LogP contribution in [-0.2, 0) is 13.1 Å². The SMILES string of the molecule is CN1CCCCn2nc(C(=O)N(C)C)cc2C1. The zero-order valence-electron chi connectivity index (χ0n) is 10.8. The van der Waals surface area contributed by atoms with Crippen molar-refractivity contribution in [1.29, 1.82) is 0 Å². The van der Waals surface area contributed by atoms with E-state index in [1.165, 1.54) is 6.42 Å². The zero-order chi connectivity index (χ0) is 12.4. The maximum absolute atomic E-state index is 11.9. The fraction of sp³-hybridized carbons (Fsp3) is 0.667.